The summed E-state index contributed by atoms with van der Waals surface area (Å²) in [6.45, 7) is -0.536. The molecule has 0 aliphatic carbocycles. The number of hydrogen-bond acceptors (Lipinski definition) is 5. The van der Waals surface area contributed by atoms with Crippen LogP contribution in [0.25, 0.3) is 0 Å². The zero-order valence-corrected chi connectivity index (χ0v) is 19.0. The summed E-state index contributed by atoms with van der Waals surface area (Å²) in [5.74, 6) is -0.812. The van der Waals surface area contributed by atoms with Crippen LogP contribution in [0.4, 0.5) is 10.1 Å². The molecule has 1 heterocycles. The average molecular weight is 481 g/mol. The van der Waals surface area contributed by atoms with Gasteiger partial charge >= 0.3 is 0 Å². The molecule has 170 valence electrons. The summed E-state index contributed by atoms with van der Waals surface area (Å²) in [6, 6.07) is 12.2. The Morgan fingerprint density at radius 1 is 1.19 bits per heavy atom. The fraction of sp³-hybridized carbons (Fsp3) is 0.227. The smallest absolute Gasteiger partial charge is 0.234 e. The van der Waals surface area contributed by atoms with Crippen LogP contribution in [0.3, 0.4) is 0 Å². The molecule has 0 aliphatic heterocycles. The van der Waals surface area contributed by atoms with Gasteiger partial charge in [0.1, 0.15) is 11.6 Å². The Morgan fingerprint density at radius 3 is 2.56 bits per heavy atom. The summed E-state index contributed by atoms with van der Waals surface area (Å²) in [4.78, 5) is 12.9. The summed E-state index contributed by atoms with van der Waals surface area (Å²) in [7, 11) is -0.537. The maximum atomic E-state index is 14.6. The predicted molar refractivity (Wildman–Crippen MR) is 121 cm³/mol. The van der Waals surface area contributed by atoms with Gasteiger partial charge in [-0.2, -0.15) is 0 Å². The number of nitrogens with one attached hydrogen (secondary N) is 1. The zero-order valence-electron chi connectivity index (χ0n) is 17.4. The summed E-state index contributed by atoms with van der Waals surface area (Å²) in [5, 5.41) is 9.05. The number of benzene rings is 2. The van der Waals surface area contributed by atoms with Crippen LogP contribution in [0.2, 0.25) is 5.02 Å². The minimum Gasteiger partial charge on any atom is -0.497 e. The number of rotatable bonds is 9. The van der Waals surface area contributed by atoms with Crippen LogP contribution < -0.4 is 9.46 Å². The Morgan fingerprint density at radius 2 is 1.94 bits per heavy atom. The standard InChI is InChI=1S/C22H22ClFN2O5S/c1-26-16(5-8-21(26)22(28)18-7-6-17(31-2)13-19(18)23)11-14-3-4-15(12-20(14)24)25-32(29,30)10-9-27/h3-8,12-13,25,27H,9-11H2,1-2H3. The molecule has 0 radical (unpaired) electrons. The molecule has 7 nitrogen and oxygen atoms in total. The number of nitrogens with zero attached hydrogens (tertiary/aromatic N) is 1. The number of methoxy groups -OCH3 is 1. The van der Waals surface area contributed by atoms with Crippen molar-refractivity contribution >= 4 is 33.1 Å². The molecule has 0 amide bonds. The minimum absolute atomic E-state index is 0.0663. The molecule has 0 fully saturated rings. The van der Waals surface area contributed by atoms with Crippen molar-refractivity contribution in [1.82, 2.24) is 4.57 Å². The lowest BCUT2D eigenvalue weighted by atomic mass is 10.1. The highest BCUT2D eigenvalue weighted by molar-refractivity contribution is 7.92. The zero-order chi connectivity index (χ0) is 23.5. The monoisotopic (exact) mass is 480 g/mol. The van der Waals surface area contributed by atoms with Gasteiger partial charge in [-0.05, 0) is 48.0 Å². The van der Waals surface area contributed by atoms with Gasteiger partial charge in [-0.15, -0.1) is 0 Å². The van der Waals surface area contributed by atoms with E-state index in [1.807, 2.05) is 0 Å². The van der Waals surface area contributed by atoms with E-state index in [0.717, 1.165) is 6.07 Å². The molecule has 3 rings (SSSR count). The maximum Gasteiger partial charge on any atom is 0.234 e. The van der Waals surface area contributed by atoms with Crippen LogP contribution >= 0.6 is 11.6 Å². The third-order valence-corrected chi connectivity index (χ3v) is 6.52. The maximum absolute atomic E-state index is 14.6. The van der Waals surface area contributed by atoms with Gasteiger partial charge in [0, 0.05) is 24.7 Å². The highest BCUT2D eigenvalue weighted by Gasteiger charge is 2.19. The summed E-state index contributed by atoms with van der Waals surface area (Å²) < 4.78 is 47.0. The second-order valence-corrected chi connectivity index (χ2v) is 9.32. The molecule has 1 aromatic heterocycles. The average Bonchev–Trinajstić information content (AvgIpc) is 3.09. The van der Waals surface area contributed by atoms with E-state index in [0.29, 0.717) is 28.3 Å². The van der Waals surface area contributed by atoms with Crippen molar-refractivity contribution in [3.05, 3.63) is 81.9 Å². The molecule has 0 atom stereocenters. The van der Waals surface area contributed by atoms with Crippen LogP contribution in [0, 0.1) is 5.82 Å². The Bertz CT molecular complexity index is 1260. The molecule has 32 heavy (non-hydrogen) atoms. The van der Waals surface area contributed by atoms with Gasteiger partial charge in [-0.1, -0.05) is 17.7 Å². The molecule has 0 unspecified atom stereocenters. The molecule has 0 saturated carbocycles. The summed E-state index contributed by atoms with van der Waals surface area (Å²) >= 11 is 6.22. The first-order valence-corrected chi connectivity index (χ1v) is 11.6. The lowest BCUT2D eigenvalue weighted by Gasteiger charge is -2.11. The van der Waals surface area contributed by atoms with Crippen molar-refractivity contribution < 1.29 is 27.4 Å². The number of carbonyl (C=O) groups is 1. The highest BCUT2D eigenvalue weighted by Crippen LogP contribution is 2.26. The Labute approximate surface area is 190 Å². The van der Waals surface area contributed by atoms with Crippen LogP contribution in [0.1, 0.15) is 27.3 Å². The highest BCUT2D eigenvalue weighted by atomic mass is 35.5. The Hall–Kier alpha value is -2.88. The second-order valence-electron chi connectivity index (χ2n) is 7.07. The van der Waals surface area contributed by atoms with Crippen LogP contribution in [-0.2, 0) is 23.5 Å². The number of anilines is 1. The lowest BCUT2D eigenvalue weighted by molar-refractivity contribution is 0.103. The van der Waals surface area contributed by atoms with Gasteiger partial charge in [0.25, 0.3) is 0 Å². The van der Waals surface area contributed by atoms with Crippen molar-refractivity contribution in [2.24, 2.45) is 7.05 Å². The predicted octanol–water partition coefficient (Wildman–Crippen LogP) is 3.38. The van der Waals surface area contributed by atoms with E-state index in [1.54, 1.807) is 41.9 Å². The first-order valence-electron chi connectivity index (χ1n) is 9.58. The first kappa shape index (κ1) is 23.8. The number of aliphatic hydroxyl groups excluding tert-OH is 1. The lowest BCUT2D eigenvalue weighted by Crippen LogP contribution is -2.19. The Kier molecular flexibility index (Phi) is 7.22. The van der Waals surface area contributed by atoms with Crippen LogP contribution in [0.15, 0.2) is 48.5 Å². The van der Waals surface area contributed by atoms with Gasteiger partial charge in [-0.25, -0.2) is 12.8 Å². The summed E-state index contributed by atoms with van der Waals surface area (Å²) in [6.07, 6.45) is 0.190. The number of aromatic nitrogens is 1. The second kappa shape index (κ2) is 9.72. The number of sulfonamides is 1. The molecular weight excluding hydrogens is 459 g/mol. The first-order chi connectivity index (χ1) is 15.1. The molecule has 0 spiro atoms. The number of aliphatic hydroxyl groups is 1. The van der Waals surface area contributed by atoms with E-state index < -0.39 is 28.2 Å². The third kappa shape index (κ3) is 5.29. The van der Waals surface area contributed by atoms with E-state index in [2.05, 4.69) is 4.72 Å². The van der Waals surface area contributed by atoms with Crippen molar-refractivity contribution in [2.45, 2.75) is 6.42 Å². The van der Waals surface area contributed by atoms with E-state index in [-0.39, 0.29) is 22.9 Å². The number of ketones is 1. The number of carbonyl (C=O) groups excluding carboxylic acids is 1. The fourth-order valence-electron chi connectivity index (χ4n) is 3.20. The number of hydrogen-bond donors (Lipinski definition) is 2. The van der Waals surface area contributed by atoms with Gasteiger partial charge in [0.2, 0.25) is 15.8 Å². The molecule has 2 N–H and O–H groups in total. The van der Waals surface area contributed by atoms with Crippen molar-refractivity contribution in [3.63, 3.8) is 0 Å². The number of ether oxygens (including phenoxy) is 1. The van der Waals surface area contributed by atoms with E-state index in [9.17, 15) is 17.6 Å². The van der Waals surface area contributed by atoms with Crippen LogP contribution in [0.5, 0.6) is 5.75 Å². The van der Waals surface area contributed by atoms with Gasteiger partial charge in [-0.3, -0.25) is 9.52 Å². The van der Waals surface area contributed by atoms with Crippen molar-refractivity contribution in [2.75, 3.05) is 24.2 Å². The third-order valence-electron chi connectivity index (χ3n) is 4.94. The molecule has 0 aliphatic rings. The quantitative estimate of drug-likeness (QED) is 0.457. The SMILES string of the molecule is COc1ccc(C(=O)c2ccc(Cc3ccc(NS(=O)(=O)CCO)cc3F)n2C)c(Cl)c1. The minimum atomic E-state index is -3.75. The van der Waals surface area contributed by atoms with E-state index in [4.69, 9.17) is 21.4 Å². The normalized spacial score (nSPS) is 11.4. The molecule has 0 saturated heterocycles. The van der Waals surface area contributed by atoms with Gasteiger partial charge in [0.05, 0.1) is 35.9 Å². The van der Waals surface area contributed by atoms with Crippen molar-refractivity contribution in [3.8, 4) is 5.75 Å². The van der Waals surface area contributed by atoms with Crippen molar-refractivity contribution in [1.29, 1.82) is 0 Å². The molecule has 0 bridgehead atoms. The Balaban J connectivity index is 1.81. The molecule has 2 aromatic carbocycles. The number of halogens is 2. The van der Waals surface area contributed by atoms with Gasteiger partial charge < -0.3 is 14.4 Å². The van der Waals surface area contributed by atoms with E-state index >= 15 is 0 Å². The largest absolute Gasteiger partial charge is 0.497 e. The molecule has 10 heteroatoms. The topological polar surface area (TPSA) is 97.6 Å². The van der Waals surface area contributed by atoms with Crippen LogP contribution in [-0.4, -0.2) is 43.3 Å². The van der Waals surface area contributed by atoms with Gasteiger partial charge in [0.15, 0.2) is 0 Å². The molecular formula is C22H22ClFN2O5S. The molecule has 3 aromatic rings. The fourth-order valence-corrected chi connectivity index (χ4v) is 4.29. The summed E-state index contributed by atoms with van der Waals surface area (Å²) in [5.41, 5.74) is 1.80. The van der Waals surface area contributed by atoms with E-state index in [1.165, 1.54) is 19.2 Å².